The number of allylic oxidation sites excluding steroid dienone is 1. The van der Waals surface area contributed by atoms with Crippen molar-refractivity contribution in [2.75, 3.05) is 19.8 Å². The molecule has 0 aromatic rings. The number of fused-ring (bicyclic) bond motifs is 21. The largest absolute Gasteiger partial charge is 0.396 e. The number of Topliss-reactive ketones (excluding diaryl/α,β-unsaturated/α-hetero) is 1. The van der Waals surface area contributed by atoms with Gasteiger partial charge in [0.1, 0.15) is 5.78 Å². The summed E-state index contributed by atoms with van der Waals surface area (Å²) < 4.78 is 26.5. The van der Waals surface area contributed by atoms with Crippen molar-refractivity contribution >= 4 is 5.78 Å². The summed E-state index contributed by atoms with van der Waals surface area (Å²) >= 11 is 0. The highest BCUT2D eigenvalue weighted by atomic mass is 16.7. The van der Waals surface area contributed by atoms with Crippen LogP contribution in [0.25, 0.3) is 0 Å². The van der Waals surface area contributed by atoms with E-state index in [-0.39, 0.29) is 57.8 Å². The van der Waals surface area contributed by atoms with E-state index in [0.29, 0.717) is 111 Å². The molecule has 34 atom stereocenters. The van der Waals surface area contributed by atoms with Crippen LogP contribution in [0.3, 0.4) is 0 Å². The number of ether oxygens (including phenoxy) is 4. The molecule has 4 saturated heterocycles. The van der Waals surface area contributed by atoms with Crippen molar-refractivity contribution in [3.05, 3.63) is 11.6 Å². The van der Waals surface area contributed by atoms with Gasteiger partial charge in [-0.1, -0.05) is 116 Å². The molecule has 0 bridgehead atoms. The van der Waals surface area contributed by atoms with E-state index < -0.39 is 5.79 Å². The lowest BCUT2D eigenvalue weighted by Crippen LogP contribution is -2.67. The molecule has 12 saturated carbocycles. The quantitative estimate of drug-likeness (QED) is 0.189. The van der Waals surface area contributed by atoms with Crippen LogP contribution in [0, 0.1) is 161 Å². The average Bonchev–Trinajstić information content (AvgIpc) is 1.67. The Bertz CT molecular complexity index is 2830. The van der Waals surface area contributed by atoms with Crippen LogP contribution in [-0.4, -0.2) is 88.1 Å². The number of hydrogen-bond donors (Lipinski definition) is 4. The Hall–Kier alpha value is -0.910. The fourth-order valence-electron chi connectivity index (χ4n) is 31.3. The fourth-order valence-corrected chi connectivity index (χ4v) is 31.3. The predicted octanol–water partition coefficient (Wildman–Crippen LogP) is 17.8. The Morgan fingerprint density at radius 1 is 0.495 bits per heavy atom. The molecule has 9 nitrogen and oxygen atoms in total. The molecule has 0 radical (unpaired) electrons. The van der Waals surface area contributed by atoms with Crippen molar-refractivity contribution in [1.82, 2.24) is 0 Å². The summed E-state index contributed by atoms with van der Waals surface area (Å²) in [5.41, 5.74) is 3.66. The molecule has 17 rings (SSSR count). The molecule has 0 aromatic heterocycles. The van der Waals surface area contributed by atoms with Gasteiger partial charge in [0.25, 0.3) is 0 Å². The minimum absolute atomic E-state index is 0.0397. The van der Waals surface area contributed by atoms with E-state index in [1.54, 1.807) is 5.57 Å². The van der Waals surface area contributed by atoms with Gasteiger partial charge in [-0.05, 0) is 299 Å². The van der Waals surface area contributed by atoms with Crippen LogP contribution in [0.2, 0.25) is 0 Å². The molecule has 0 aromatic carbocycles. The first kappa shape index (κ1) is 67.9. The van der Waals surface area contributed by atoms with E-state index in [4.69, 9.17) is 18.9 Å². The summed E-state index contributed by atoms with van der Waals surface area (Å²) in [6.07, 6.45) is 35.4. The molecular weight excluding hydrogens is 1150 g/mol. The van der Waals surface area contributed by atoms with Crippen molar-refractivity contribution in [2.45, 2.75) is 326 Å². The van der Waals surface area contributed by atoms with Crippen LogP contribution in [0.15, 0.2) is 11.6 Å². The predicted molar refractivity (Wildman–Crippen MR) is 368 cm³/mol. The van der Waals surface area contributed by atoms with Gasteiger partial charge in [0.2, 0.25) is 0 Å². The summed E-state index contributed by atoms with van der Waals surface area (Å²) in [5, 5.41) is 42.1. The summed E-state index contributed by atoms with van der Waals surface area (Å²) in [7, 11) is 0. The van der Waals surface area contributed by atoms with Gasteiger partial charge in [-0.25, -0.2) is 0 Å². The van der Waals surface area contributed by atoms with Gasteiger partial charge in [-0.15, -0.1) is 0 Å². The number of ketones is 1. The molecule has 16 fully saturated rings. The molecule has 3 unspecified atom stereocenters. The van der Waals surface area contributed by atoms with Crippen molar-refractivity contribution in [3.63, 3.8) is 0 Å². The van der Waals surface area contributed by atoms with Gasteiger partial charge in [-0.2, -0.15) is 0 Å². The maximum atomic E-state index is 14.0. The third-order valence-corrected chi connectivity index (χ3v) is 37.2. The Morgan fingerprint density at radius 2 is 1.14 bits per heavy atom. The zero-order valence-electron chi connectivity index (χ0n) is 61.7. The number of aliphatic hydroxyl groups excluding tert-OH is 4. The highest BCUT2D eigenvalue weighted by Gasteiger charge is 2.75. The molecule has 0 amide bonds. The zero-order valence-corrected chi connectivity index (χ0v) is 61.7. The van der Waals surface area contributed by atoms with E-state index in [1.807, 2.05) is 0 Å². The molecule has 2 spiro atoms. The monoisotopic (exact) mass is 1290 g/mol. The molecular formula is C84H136O9. The zero-order chi connectivity index (χ0) is 66.0. The Kier molecular flexibility index (Phi) is 16.8. The van der Waals surface area contributed by atoms with Crippen molar-refractivity contribution < 1.29 is 44.2 Å². The first-order valence-corrected chi connectivity index (χ1v) is 40.3. The second kappa shape index (κ2) is 23.1. The standard InChI is InChI=1S/C30H52O2.C27H42O4.C27H42O3/c1-19-10-15-30(18-31)17-16-28(6)21(25(30)20(19)2)8-9-23-27(5)13-12-24(32)26(3,4)22(27)11-14-29(23,28)7;1-15-7-10-27(30-14-15)16(2)24-22(31-27)12-21-19-6-5-17-11-18(28)8-9-25(17,3)20(19)13-23(29)26(21,24)4;1-16-7-12-27(29-15-16)17(2)24-23(30-27)14-22-20-6-5-18-13-19(28)8-10-25(18,3)21(20)9-11-26(22,24)4/h19-25,31-32H,8-18H2,1-7H3;15-22,24,28H,5-14H2,1-4H3;5,16-17,19-24,28H,6-15H2,1-4H3/t19-,20+,21?,22+,23+,24+,25+,27+,28-,29-,30-;15-,16+,17+,18+,19-,20-,21+,22+,24+,25+,26-,27?;16-,17+,19+,20-,21+,22+,23+,24+,25+,26+,27?/m111/s1. The third kappa shape index (κ3) is 9.55. The maximum absolute atomic E-state index is 14.0. The van der Waals surface area contributed by atoms with Gasteiger partial charge in [-0.3, -0.25) is 4.79 Å². The highest BCUT2D eigenvalue weighted by molar-refractivity contribution is 5.87. The van der Waals surface area contributed by atoms with E-state index in [1.165, 1.54) is 109 Å². The first-order valence-electron chi connectivity index (χ1n) is 40.3. The van der Waals surface area contributed by atoms with Crippen LogP contribution >= 0.6 is 0 Å². The second-order valence-electron chi connectivity index (χ2n) is 40.6. The first-order chi connectivity index (χ1) is 43.8. The van der Waals surface area contributed by atoms with Gasteiger partial charge in [0.05, 0.1) is 43.7 Å². The number of carbonyl (C=O) groups is 1. The van der Waals surface area contributed by atoms with E-state index in [2.05, 4.69) is 110 Å². The summed E-state index contributed by atoms with van der Waals surface area (Å²) in [6, 6.07) is 0. The van der Waals surface area contributed by atoms with Gasteiger partial charge in [0, 0.05) is 49.0 Å². The molecule has 93 heavy (non-hydrogen) atoms. The van der Waals surface area contributed by atoms with Crippen LogP contribution in [-0.2, 0) is 23.7 Å². The molecule has 526 valence electrons. The number of aliphatic hydroxyl groups is 4. The molecule has 17 aliphatic rings. The van der Waals surface area contributed by atoms with Crippen LogP contribution in [0.4, 0.5) is 0 Å². The maximum Gasteiger partial charge on any atom is 0.171 e. The minimum Gasteiger partial charge on any atom is -0.396 e. The molecule has 9 heteroatoms. The molecule has 4 N–H and O–H groups in total. The summed E-state index contributed by atoms with van der Waals surface area (Å²) in [5.74, 6) is 11.8. The topological polar surface area (TPSA) is 135 Å². The fraction of sp³-hybridized carbons (Fsp3) is 0.964. The van der Waals surface area contributed by atoms with Gasteiger partial charge >= 0.3 is 0 Å². The highest BCUT2D eigenvalue weighted by Crippen LogP contribution is 2.78. The Balaban J connectivity index is 0.000000115. The van der Waals surface area contributed by atoms with Gasteiger partial charge in [0.15, 0.2) is 11.6 Å². The lowest BCUT2D eigenvalue weighted by molar-refractivity contribution is -0.272. The lowest BCUT2D eigenvalue weighted by atomic mass is 9.31. The number of hydrogen-bond acceptors (Lipinski definition) is 9. The van der Waals surface area contributed by atoms with Crippen LogP contribution in [0.5, 0.6) is 0 Å². The smallest absolute Gasteiger partial charge is 0.171 e. The van der Waals surface area contributed by atoms with Crippen molar-refractivity contribution in [2.24, 2.45) is 161 Å². The van der Waals surface area contributed by atoms with E-state index in [0.717, 1.165) is 125 Å². The molecule has 4 aliphatic heterocycles. The molecule has 13 aliphatic carbocycles. The van der Waals surface area contributed by atoms with E-state index in [9.17, 15) is 25.2 Å². The number of rotatable bonds is 1. The molecule has 4 heterocycles. The number of carbonyl (C=O) groups excluding carboxylic acids is 1. The minimum atomic E-state index is -0.448. The van der Waals surface area contributed by atoms with Crippen LogP contribution < -0.4 is 0 Å². The SMILES string of the molecule is C[C@@H]1CCC2(OC1)O[C@H]1C[C@H]3[C@@H]4CC=C5C[C@@H](O)CC[C@]5(C)[C@H]4CC[C@]3(C)[C@H]1[C@@H]2C.C[C@@H]1CCC2(OC1)O[C@H]1C[C@H]3[C@@H]4CC[C@H]5C[C@@H](O)CC[C@]5(C)[C@@H]4CC(=O)[C@]3(C)[C@H]1[C@@H]2C.C[C@H]1[C@H](C)CC[C@]2(CO)CC[C@]3(C)C(CC[C@H]4[C@@]5(C)CC[C@H](O)C(C)(C)[C@@H]5CC[C@]43C)[C@H]12. The van der Waals surface area contributed by atoms with Gasteiger partial charge < -0.3 is 39.4 Å². The summed E-state index contributed by atoms with van der Waals surface area (Å²) in [6.45, 7) is 39.1. The van der Waals surface area contributed by atoms with E-state index >= 15 is 0 Å². The average molecular weight is 1290 g/mol. The second-order valence-corrected chi connectivity index (χ2v) is 40.6. The third-order valence-electron chi connectivity index (χ3n) is 37.2. The normalized spacial score (nSPS) is 60.0. The Labute approximate surface area is 565 Å². The summed E-state index contributed by atoms with van der Waals surface area (Å²) in [4.78, 5) is 14.0. The lowest BCUT2D eigenvalue weighted by Gasteiger charge is -2.74. The van der Waals surface area contributed by atoms with Crippen LogP contribution in [0.1, 0.15) is 284 Å². The van der Waals surface area contributed by atoms with Crippen molar-refractivity contribution in [3.8, 4) is 0 Å². The van der Waals surface area contributed by atoms with Crippen molar-refractivity contribution in [1.29, 1.82) is 0 Å². The Morgan fingerprint density at radius 3 is 1.82 bits per heavy atom.